The van der Waals surface area contributed by atoms with E-state index in [-0.39, 0.29) is 23.5 Å². The average molecular weight is 245 g/mol. The standard InChI is InChI=1S/C14H12FNO2/c1-10-4-3-7-16(14(10)18)9-13(17)11-5-2-6-12(15)8-11/h2-8H,9H2,1H3. The molecule has 1 aromatic carbocycles. The molecule has 0 saturated carbocycles. The van der Waals surface area contributed by atoms with Gasteiger partial charge in [-0.25, -0.2) is 4.39 Å². The van der Waals surface area contributed by atoms with Gasteiger partial charge in [0.1, 0.15) is 5.82 Å². The highest BCUT2D eigenvalue weighted by atomic mass is 19.1. The number of hydrogen-bond donors (Lipinski definition) is 0. The molecule has 0 aliphatic rings. The van der Waals surface area contributed by atoms with Crippen LogP contribution < -0.4 is 5.56 Å². The van der Waals surface area contributed by atoms with Crippen LogP contribution >= 0.6 is 0 Å². The summed E-state index contributed by atoms with van der Waals surface area (Å²) >= 11 is 0. The van der Waals surface area contributed by atoms with E-state index in [4.69, 9.17) is 0 Å². The van der Waals surface area contributed by atoms with E-state index in [1.807, 2.05) is 0 Å². The lowest BCUT2D eigenvalue weighted by atomic mass is 10.1. The van der Waals surface area contributed by atoms with Crippen LogP contribution in [0.3, 0.4) is 0 Å². The fraction of sp³-hybridized carbons (Fsp3) is 0.143. The number of halogens is 1. The zero-order valence-electron chi connectivity index (χ0n) is 9.89. The molecule has 4 heteroatoms. The van der Waals surface area contributed by atoms with E-state index in [0.29, 0.717) is 5.56 Å². The van der Waals surface area contributed by atoms with Crippen LogP contribution in [0, 0.1) is 12.7 Å². The minimum absolute atomic E-state index is 0.0794. The number of aromatic nitrogens is 1. The molecule has 0 N–H and O–H groups in total. The third-order valence-electron chi connectivity index (χ3n) is 2.67. The lowest BCUT2D eigenvalue weighted by molar-refractivity contribution is 0.0970. The van der Waals surface area contributed by atoms with Crippen molar-refractivity contribution in [2.75, 3.05) is 0 Å². The Morgan fingerprint density at radius 2 is 2.06 bits per heavy atom. The molecule has 0 radical (unpaired) electrons. The number of ketones is 1. The van der Waals surface area contributed by atoms with Gasteiger partial charge in [-0.1, -0.05) is 18.2 Å². The second-order valence-corrected chi connectivity index (χ2v) is 4.06. The van der Waals surface area contributed by atoms with Crippen LogP contribution in [0.4, 0.5) is 4.39 Å². The third-order valence-corrected chi connectivity index (χ3v) is 2.67. The first-order valence-electron chi connectivity index (χ1n) is 5.53. The first kappa shape index (κ1) is 12.2. The molecule has 0 saturated heterocycles. The van der Waals surface area contributed by atoms with Crippen LogP contribution in [0.2, 0.25) is 0 Å². The lowest BCUT2D eigenvalue weighted by Crippen LogP contribution is -2.25. The summed E-state index contributed by atoms with van der Waals surface area (Å²) in [6, 6.07) is 8.84. The number of pyridine rings is 1. The number of Topliss-reactive ketones (excluding diaryl/α,β-unsaturated/α-hetero) is 1. The van der Waals surface area contributed by atoms with E-state index < -0.39 is 5.82 Å². The number of carbonyl (C=O) groups is 1. The van der Waals surface area contributed by atoms with Gasteiger partial charge in [0, 0.05) is 17.3 Å². The molecular formula is C14H12FNO2. The zero-order valence-corrected chi connectivity index (χ0v) is 9.89. The van der Waals surface area contributed by atoms with Crippen molar-refractivity contribution in [1.82, 2.24) is 4.57 Å². The molecule has 0 bridgehead atoms. The Morgan fingerprint density at radius 1 is 1.28 bits per heavy atom. The van der Waals surface area contributed by atoms with Crippen LogP contribution in [0.5, 0.6) is 0 Å². The minimum atomic E-state index is -0.461. The largest absolute Gasteiger partial charge is 0.308 e. The summed E-state index contributed by atoms with van der Waals surface area (Å²) in [5.74, 6) is -0.750. The van der Waals surface area contributed by atoms with Gasteiger partial charge in [0.15, 0.2) is 5.78 Å². The van der Waals surface area contributed by atoms with E-state index in [2.05, 4.69) is 0 Å². The zero-order chi connectivity index (χ0) is 13.1. The average Bonchev–Trinajstić information content (AvgIpc) is 2.35. The molecule has 0 aliphatic carbocycles. The highest BCUT2D eigenvalue weighted by Crippen LogP contribution is 2.05. The summed E-state index contributed by atoms with van der Waals surface area (Å²) in [6.45, 7) is 1.61. The van der Waals surface area contributed by atoms with Crippen LogP contribution in [-0.4, -0.2) is 10.4 Å². The molecule has 0 unspecified atom stereocenters. The maximum absolute atomic E-state index is 13.0. The van der Waals surface area contributed by atoms with Crippen molar-refractivity contribution in [1.29, 1.82) is 0 Å². The topological polar surface area (TPSA) is 39.1 Å². The number of carbonyl (C=O) groups excluding carboxylic acids is 1. The number of aryl methyl sites for hydroxylation is 1. The van der Waals surface area contributed by atoms with Crippen molar-refractivity contribution in [3.8, 4) is 0 Å². The van der Waals surface area contributed by atoms with Gasteiger partial charge in [0.05, 0.1) is 6.54 Å². The van der Waals surface area contributed by atoms with Crippen LogP contribution in [-0.2, 0) is 6.54 Å². The van der Waals surface area contributed by atoms with E-state index in [1.54, 1.807) is 25.3 Å². The molecule has 0 amide bonds. The SMILES string of the molecule is Cc1cccn(CC(=O)c2cccc(F)c2)c1=O. The summed E-state index contributed by atoms with van der Waals surface area (Å²) < 4.78 is 14.3. The molecule has 2 rings (SSSR count). The summed E-state index contributed by atoms with van der Waals surface area (Å²) in [5, 5.41) is 0. The Kier molecular flexibility index (Phi) is 3.37. The number of nitrogens with zero attached hydrogens (tertiary/aromatic N) is 1. The molecule has 92 valence electrons. The maximum atomic E-state index is 13.0. The normalized spacial score (nSPS) is 10.3. The Balaban J connectivity index is 2.27. The van der Waals surface area contributed by atoms with Crippen molar-refractivity contribution in [2.24, 2.45) is 0 Å². The van der Waals surface area contributed by atoms with Crippen molar-refractivity contribution in [2.45, 2.75) is 13.5 Å². The predicted molar refractivity (Wildman–Crippen MR) is 66.2 cm³/mol. The van der Waals surface area contributed by atoms with Gasteiger partial charge in [-0.15, -0.1) is 0 Å². The minimum Gasteiger partial charge on any atom is -0.308 e. The second-order valence-electron chi connectivity index (χ2n) is 4.06. The molecule has 1 aromatic heterocycles. The van der Waals surface area contributed by atoms with Crippen LogP contribution in [0.1, 0.15) is 15.9 Å². The Hall–Kier alpha value is -2.23. The van der Waals surface area contributed by atoms with Gasteiger partial charge in [-0.2, -0.15) is 0 Å². The maximum Gasteiger partial charge on any atom is 0.253 e. The van der Waals surface area contributed by atoms with E-state index in [1.165, 1.54) is 28.8 Å². The third kappa shape index (κ3) is 2.53. The highest BCUT2D eigenvalue weighted by Gasteiger charge is 2.09. The lowest BCUT2D eigenvalue weighted by Gasteiger charge is -2.05. The molecule has 0 atom stereocenters. The Labute approximate surface area is 104 Å². The molecule has 3 nitrogen and oxygen atoms in total. The quantitative estimate of drug-likeness (QED) is 0.777. The van der Waals surface area contributed by atoms with Gasteiger partial charge >= 0.3 is 0 Å². The van der Waals surface area contributed by atoms with E-state index in [0.717, 1.165) is 0 Å². The Bertz CT molecular complexity index is 646. The highest BCUT2D eigenvalue weighted by molar-refractivity contribution is 5.95. The van der Waals surface area contributed by atoms with Crippen LogP contribution in [0.15, 0.2) is 47.4 Å². The van der Waals surface area contributed by atoms with Crippen molar-refractivity contribution < 1.29 is 9.18 Å². The van der Waals surface area contributed by atoms with Crippen LogP contribution in [0.25, 0.3) is 0 Å². The fourth-order valence-electron chi connectivity index (χ4n) is 1.69. The first-order chi connectivity index (χ1) is 8.58. The van der Waals surface area contributed by atoms with Gasteiger partial charge in [-0.05, 0) is 25.1 Å². The molecule has 0 spiro atoms. The molecule has 18 heavy (non-hydrogen) atoms. The van der Waals surface area contributed by atoms with E-state index >= 15 is 0 Å². The molecule has 2 aromatic rings. The number of benzene rings is 1. The summed E-state index contributed by atoms with van der Waals surface area (Å²) in [4.78, 5) is 23.6. The van der Waals surface area contributed by atoms with Gasteiger partial charge in [-0.3, -0.25) is 9.59 Å². The first-order valence-corrected chi connectivity index (χ1v) is 5.53. The van der Waals surface area contributed by atoms with Crippen molar-refractivity contribution >= 4 is 5.78 Å². The predicted octanol–water partition coefficient (Wildman–Crippen LogP) is 2.18. The molecule has 1 heterocycles. The summed E-state index contributed by atoms with van der Waals surface area (Å²) in [6.07, 6.45) is 1.55. The van der Waals surface area contributed by atoms with Gasteiger partial charge < -0.3 is 4.57 Å². The molecule has 0 fully saturated rings. The second kappa shape index (κ2) is 4.96. The molecular weight excluding hydrogens is 233 g/mol. The fourth-order valence-corrected chi connectivity index (χ4v) is 1.69. The monoisotopic (exact) mass is 245 g/mol. The summed E-state index contributed by atoms with van der Waals surface area (Å²) in [7, 11) is 0. The smallest absolute Gasteiger partial charge is 0.253 e. The number of hydrogen-bond acceptors (Lipinski definition) is 2. The Morgan fingerprint density at radius 3 is 2.78 bits per heavy atom. The van der Waals surface area contributed by atoms with E-state index in [9.17, 15) is 14.0 Å². The van der Waals surface area contributed by atoms with Gasteiger partial charge in [0.25, 0.3) is 5.56 Å². The van der Waals surface area contributed by atoms with Crippen molar-refractivity contribution in [3.63, 3.8) is 0 Å². The summed E-state index contributed by atoms with van der Waals surface area (Å²) in [5.41, 5.74) is 0.634. The molecule has 0 aliphatic heterocycles. The van der Waals surface area contributed by atoms with Gasteiger partial charge in [0.2, 0.25) is 0 Å². The number of rotatable bonds is 3. The van der Waals surface area contributed by atoms with Crippen molar-refractivity contribution in [3.05, 3.63) is 69.9 Å².